The first-order valence-electron chi connectivity index (χ1n) is 6.41. The van der Waals surface area contributed by atoms with Gasteiger partial charge in [0.2, 0.25) is 0 Å². The Bertz CT molecular complexity index is 558. The summed E-state index contributed by atoms with van der Waals surface area (Å²) in [4.78, 5) is 4.61. The summed E-state index contributed by atoms with van der Waals surface area (Å²) in [5.41, 5.74) is 3.42. The van der Waals surface area contributed by atoms with Crippen LogP contribution in [0.4, 0.5) is 0 Å². The highest BCUT2D eigenvalue weighted by Gasteiger charge is 2.19. The van der Waals surface area contributed by atoms with E-state index in [0.29, 0.717) is 12.0 Å². The van der Waals surface area contributed by atoms with Crippen LogP contribution in [-0.2, 0) is 17.2 Å². The van der Waals surface area contributed by atoms with Gasteiger partial charge in [-0.2, -0.15) is 0 Å². The highest BCUT2D eigenvalue weighted by atomic mass is 35.5. The van der Waals surface area contributed by atoms with E-state index in [1.165, 1.54) is 5.56 Å². The maximum atomic E-state index is 6.00. The number of fused-ring (bicyclic) bond motifs is 1. The standard InChI is InChI=1S/C14H17ClN2O/c1-10-4-5-13-12(7-10)16-14(8-15)17(13)9-11-3-2-6-18-11/h4-5,7,11H,2-3,6,8-9H2,1H3. The molecule has 0 amide bonds. The molecule has 1 aromatic carbocycles. The van der Waals surface area contributed by atoms with Gasteiger partial charge in [-0.25, -0.2) is 4.98 Å². The number of halogens is 1. The number of hydrogen-bond donors (Lipinski definition) is 0. The van der Waals surface area contributed by atoms with E-state index in [1.807, 2.05) is 0 Å². The van der Waals surface area contributed by atoms with E-state index in [2.05, 4.69) is 34.7 Å². The highest BCUT2D eigenvalue weighted by Crippen LogP contribution is 2.22. The van der Waals surface area contributed by atoms with Crippen molar-refractivity contribution in [2.24, 2.45) is 0 Å². The molecule has 1 saturated heterocycles. The summed E-state index contributed by atoms with van der Waals surface area (Å²) in [7, 11) is 0. The minimum Gasteiger partial charge on any atom is -0.376 e. The van der Waals surface area contributed by atoms with Crippen LogP contribution < -0.4 is 0 Å². The Morgan fingerprint density at radius 1 is 1.50 bits per heavy atom. The molecule has 1 aromatic heterocycles. The Morgan fingerprint density at radius 2 is 2.39 bits per heavy atom. The number of aromatic nitrogens is 2. The molecule has 96 valence electrons. The maximum absolute atomic E-state index is 6.00. The van der Waals surface area contributed by atoms with E-state index >= 15 is 0 Å². The van der Waals surface area contributed by atoms with Gasteiger partial charge in [-0.05, 0) is 37.5 Å². The normalized spacial score (nSPS) is 19.8. The molecule has 2 aromatic rings. The number of benzene rings is 1. The minimum atomic E-state index is 0.311. The Labute approximate surface area is 112 Å². The highest BCUT2D eigenvalue weighted by molar-refractivity contribution is 6.16. The van der Waals surface area contributed by atoms with Crippen molar-refractivity contribution in [2.75, 3.05) is 6.61 Å². The second kappa shape index (κ2) is 4.90. The molecule has 0 N–H and O–H groups in total. The molecule has 1 aliphatic heterocycles. The molecule has 3 nitrogen and oxygen atoms in total. The van der Waals surface area contributed by atoms with Gasteiger partial charge in [0.1, 0.15) is 5.82 Å². The monoisotopic (exact) mass is 264 g/mol. The van der Waals surface area contributed by atoms with E-state index < -0.39 is 0 Å². The number of rotatable bonds is 3. The van der Waals surface area contributed by atoms with Crippen LogP contribution in [0.25, 0.3) is 11.0 Å². The van der Waals surface area contributed by atoms with Gasteiger partial charge >= 0.3 is 0 Å². The van der Waals surface area contributed by atoms with Gasteiger partial charge in [-0.15, -0.1) is 11.6 Å². The van der Waals surface area contributed by atoms with Crippen molar-refractivity contribution < 1.29 is 4.74 Å². The molecule has 4 heteroatoms. The SMILES string of the molecule is Cc1ccc2c(c1)nc(CCl)n2CC1CCCO1. The first kappa shape index (κ1) is 12.0. The van der Waals surface area contributed by atoms with Crippen LogP contribution in [0.15, 0.2) is 18.2 Å². The zero-order valence-corrected chi connectivity index (χ0v) is 11.3. The van der Waals surface area contributed by atoms with Crippen molar-refractivity contribution in [3.8, 4) is 0 Å². The molecule has 1 aliphatic rings. The Morgan fingerprint density at radius 3 is 3.11 bits per heavy atom. The third-order valence-electron chi connectivity index (χ3n) is 3.51. The van der Waals surface area contributed by atoms with Crippen molar-refractivity contribution >= 4 is 22.6 Å². The lowest BCUT2D eigenvalue weighted by Gasteiger charge is -2.13. The maximum Gasteiger partial charge on any atom is 0.124 e. The number of aryl methyl sites for hydroxylation is 1. The molecule has 1 unspecified atom stereocenters. The van der Waals surface area contributed by atoms with Crippen LogP contribution in [-0.4, -0.2) is 22.3 Å². The van der Waals surface area contributed by atoms with Crippen molar-refractivity contribution in [2.45, 2.75) is 38.3 Å². The lowest BCUT2D eigenvalue weighted by Crippen LogP contribution is -2.16. The minimum absolute atomic E-state index is 0.311. The smallest absolute Gasteiger partial charge is 0.124 e. The van der Waals surface area contributed by atoms with Gasteiger partial charge in [0.05, 0.1) is 29.6 Å². The molecule has 0 bridgehead atoms. The number of nitrogens with zero attached hydrogens (tertiary/aromatic N) is 2. The molecular formula is C14H17ClN2O. The average Bonchev–Trinajstić information content (AvgIpc) is 2.97. The summed E-state index contributed by atoms with van der Waals surface area (Å²) in [5.74, 6) is 1.38. The molecule has 0 aliphatic carbocycles. The van der Waals surface area contributed by atoms with E-state index in [4.69, 9.17) is 16.3 Å². The van der Waals surface area contributed by atoms with E-state index in [9.17, 15) is 0 Å². The predicted octanol–water partition coefficient (Wildman–Crippen LogP) is 3.26. The van der Waals surface area contributed by atoms with Gasteiger partial charge in [-0.3, -0.25) is 0 Å². The summed E-state index contributed by atoms with van der Waals surface area (Å²) in [5, 5.41) is 0. The predicted molar refractivity (Wildman–Crippen MR) is 73.0 cm³/mol. The van der Waals surface area contributed by atoms with Crippen LogP contribution >= 0.6 is 11.6 Å². The fraction of sp³-hybridized carbons (Fsp3) is 0.500. The van der Waals surface area contributed by atoms with Gasteiger partial charge < -0.3 is 9.30 Å². The largest absolute Gasteiger partial charge is 0.376 e. The third-order valence-corrected chi connectivity index (χ3v) is 3.75. The number of alkyl halides is 1. The molecule has 3 rings (SSSR count). The van der Waals surface area contributed by atoms with Gasteiger partial charge in [0.15, 0.2) is 0 Å². The van der Waals surface area contributed by atoms with Crippen LogP contribution in [0.2, 0.25) is 0 Å². The summed E-state index contributed by atoms with van der Waals surface area (Å²) >= 11 is 6.00. The van der Waals surface area contributed by atoms with Crippen molar-refractivity contribution in [1.29, 1.82) is 0 Å². The van der Waals surface area contributed by atoms with E-state index in [0.717, 1.165) is 42.9 Å². The number of hydrogen-bond acceptors (Lipinski definition) is 2. The molecule has 0 radical (unpaired) electrons. The van der Waals surface area contributed by atoms with Crippen LogP contribution in [0.1, 0.15) is 24.2 Å². The van der Waals surface area contributed by atoms with Crippen molar-refractivity contribution in [1.82, 2.24) is 9.55 Å². The van der Waals surface area contributed by atoms with Gasteiger partial charge in [0, 0.05) is 6.61 Å². The topological polar surface area (TPSA) is 27.1 Å². The summed E-state index contributed by atoms with van der Waals surface area (Å²) < 4.78 is 7.91. The second-order valence-electron chi connectivity index (χ2n) is 4.90. The molecule has 1 atom stereocenters. The number of ether oxygens (including phenoxy) is 1. The Kier molecular flexibility index (Phi) is 3.27. The fourth-order valence-corrected chi connectivity index (χ4v) is 2.79. The molecule has 0 saturated carbocycles. The van der Waals surface area contributed by atoms with Gasteiger partial charge in [-0.1, -0.05) is 6.07 Å². The number of imidazole rings is 1. The Hall–Kier alpha value is -1.06. The molecule has 2 heterocycles. The average molecular weight is 265 g/mol. The van der Waals surface area contributed by atoms with Crippen LogP contribution in [0.3, 0.4) is 0 Å². The first-order chi connectivity index (χ1) is 8.78. The van der Waals surface area contributed by atoms with E-state index in [-0.39, 0.29) is 0 Å². The lowest BCUT2D eigenvalue weighted by molar-refractivity contribution is 0.0974. The zero-order valence-electron chi connectivity index (χ0n) is 10.5. The summed E-state index contributed by atoms with van der Waals surface area (Å²) in [6, 6.07) is 6.36. The zero-order chi connectivity index (χ0) is 12.5. The van der Waals surface area contributed by atoms with Crippen molar-refractivity contribution in [3.05, 3.63) is 29.6 Å². The molecular weight excluding hydrogens is 248 g/mol. The second-order valence-corrected chi connectivity index (χ2v) is 5.17. The van der Waals surface area contributed by atoms with Gasteiger partial charge in [0.25, 0.3) is 0 Å². The summed E-state index contributed by atoms with van der Waals surface area (Å²) in [6.07, 6.45) is 2.60. The third kappa shape index (κ3) is 2.13. The quantitative estimate of drug-likeness (QED) is 0.796. The molecule has 18 heavy (non-hydrogen) atoms. The molecule has 0 spiro atoms. The van der Waals surface area contributed by atoms with Crippen LogP contribution in [0, 0.1) is 6.92 Å². The first-order valence-corrected chi connectivity index (χ1v) is 6.94. The van der Waals surface area contributed by atoms with E-state index in [1.54, 1.807) is 0 Å². The summed E-state index contributed by atoms with van der Waals surface area (Å²) in [6.45, 7) is 3.83. The fourth-order valence-electron chi connectivity index (χ4n) is 2.59. The molecule has 1 fully saturated rings. The van der Waals surface area contributed by atoms with Crippen LogP contribution in [0.5, 0.6) is 0 Å². The Balaban J connectivity index is 2.01. The van der Waals surface area contributed by atoms with Crippen molar-refractivity contribution in [3.63, 3.8) is 0 Å². The lowest BCUT2D eigenvalue weighted by atomic mass is 10.2.